The second-order valence-corrected chi connectivity index (χ2v) is 9.19. The van der Waals surface area contributed by atoms with Crippen molar-refractivity contribution in [2.75, 3.05) is 33.3 Å². The molecule has 5 aliphatic rings. The Bertz CT molecular complexity index is 526. The van der Waals surface area contributed by atoms with Crippen LogP contribution in [0.2, 0.25) is 0 Å². The first kappa shape index (κ1) is 19.2. The highest BCUT2D eigenvalue weighted by molar-refractivity contribution is 14.0. The van der Waals surface area contributed by atoms with Crippen LogP contribution in [0.4, 0.5) is 0 Å². The van der Waals surface area contributed by atoms with Gasteiger partial charge in [0, 0.05) is 56.7 Å². The highest BCUT2D eigenvalue weighted by Gasteiger charge is 2.66. The smallest absolute Gasteiger partial charge is 0.191 e. The van der Waals surface area contributed by atoms with Gasteiger partial charge in [-0.25, -0.2) is 0 Å². The number of nitrogens with one attached hydrogen (secondary N) is 2. The van der Waals surface area contributed by atoms with Crippen LogP contribution in [0.3, 0.4) is 0 Å². The van der Waals surface area contributed by atoms with E-state index in [0.29, 0.717) is 29.5 Å². The third kappa shape index (κ3) is 3.39. The fourth-order valence-corrected chi connectivity index (χ4v) is 5.89. The summed E-state index contributed by atoms with van der Waals surface area (Å²) in [7, 11) is 1.92. The summed E-state index contributed by atoms with van der Waals surface area (Å²) in [5.41, 5.74) is 0.423. The van der Waals surface area contributed by atoms with E-state index >= 15 is 0 Å². The molecule has 0 bridgehead atoms. The number of guanidine groups is 1. The lowest BCUT2D eigenvalue weighted by Gasteiger charge is -2.63. The number of likely N-dealkylation sites (tertiary alicyclic amines) is 1. The lowest BCUT2D eigenvalue weighted by molar-refractivity contribution is -0.171. The number of aliphatic imine (C=N–C) groups is 1. The average molecular weight is 474 g/mol. The fraction of sp³-hybridized carbons (Fsp3) is 0.950. The molecule has 2 saturated heterocycles. The van der Waals surface area contributed by atoms with Crippen molar-refractivity contribution in [3.05, 3.63) is 0 Å². The Morgan fingerprint density at radius 2 is 1.88 bits per heavy atom. The zero-order valence-corrected chi connectivity index (χ0v) is 18.4. The number of nitrogens with zero attached hydrogens (tertiary/aromatic N) is 2. The van der Waals surface area contributed by atoms with Crippen LogP contribution in [0.1, 0.15) is 51.4 Å². The van der Waals surface area contributed by atoms with E-state index in [9.17, 15) is 0 Å². The Morgan fingerprint density at radius 1 is 1.12 bits per heavy atom. The number of fused-ring (bicyclic) bond motifs is 2. The first-order chi connectivity index (χ1) is 12.3. The van der Waals surface area contributed by atoms with Crippen molar-refractivity contribution < 1.29 is 4.74 Å². The quantitative estimate of drug-likeness (QED) is 0.374. The number of hydrogen-bond acceptors (Lipinski definition) is 3. The number of piperidine rings is 1. The van der Waals surface area contributed by atoms with Crippen molar-refractivity contribution in [3.63, 3.8) is 0 Å². The molecular formula is C20H35IN4O. The molecule has 3 saturated carbocycles. The van der Waals surface area contributed by atoms with Gasteiger partial charge >= 0.3 is 0 Å². The van der Waals surface area contributed by atoms with Crippen molar-refractivity contribution >= 4 is 29.9 Å². The second kappa shape index (κ2) is 7.74. The van der Waals surface area contributed by atoms with Gasteiger partial charge in [-0.3, -0.25) is 4.99 Å². The standard InChI is InChI=1S/C20H34N4O.HI/c1-21-19(22-15-5-10-24(11-6-15)13-14-3-4-14)23-17-16-7-12-25-18(16)20(17)8-2-9-20;/h14-18H,2-13H2,1H3,(H2,21,22,23);1H. The number of halogens is 1. The van der Waals surface area contributed by atoms with Crippen LogP contribution < -0.4 is 10.6 Å². The third-order valence-electron chi connectivity index (χ3n) is 7.69. The molecule has 0 aromatic carbocycles. The predicted octanol–water partition coefficient (Wildman–Crippen LogP) is 2.60. The third-order valence-corrected chi connectivity index (χ3v) is 7.69. The van der Waals surface area contributed by atoms with Gasteiger partial charge in [0.2, 0.25) is 0 Å². The maximum atomic E-state index is 6.05. The molecule has 3 unspecified atom stereocenters. The van der Waals surface area contributed by atoms with Gasteiger partial charge in [0.1, 0.15) is 0 Å². The summed E-state index contributed by atoms with van der Waals surface area (Å²) in [6.45, 7) is 4.79. The van der Waals surface area contributed by atoms with Crippen LogP contribution in [-0.2, 0) is 4.74 Å². The molecule has 0 amide bonds. The minimum Gasteiger partial charge on any atom is -0.377 e. The molecule has 6 heteroatoms. The zero-order chi connectivity index (χ0) is 16.9. The summed E-state index contributed by atoms with van der Waals surface area (Å²) >= 11 is 0. The monoisotopic (exact) mass is 474 g/mol. The summed E-state index contributed by atoms with van der Waals surface area (Å²) in [5, 5.41) is 7.54. The summed E-state index contributed by atoms with van der Waals surface area (Å²) in [5.74, 6) is 2.75. The molecule has 5 nitrogen and oxygen atoms in total. The van der Waals surface area contributed by atoms with E-state index in [1.807, 2.05) is 7.05 Å². The van der Waals surface area contributed by atoms with E-state index in [1.54, 1.807) is 0 Å². The fourth-order valence-electron chi connectivity index (χ4n) is 5.89. The first-order valence-electron chi connectivity index (χ1n) is 10.6. The number of rotatable bonds is 4. The number of hydrogen-bond donors (Lipinski definition) is 2. The molecule has 26 heavy (non-hydrogen) atoms. The van der Waals surface area contributed by atoms with E-state index in [-0.39, 0.29) is 24.0 Å². The van der Waals surface area contributed by atoms with Crippen LogP contribution in [0, 0.1) is 17.3 Å². The van der Waals surface area contributed by atoms with Crippen molar-refractivity contribution in [2.24, 2.45) is 22.2 Å². The molecule has 5 rings (SSSR count). The Kier molecular flexibility index (Phi) is 5.73. The highest BCUT2D eigenvalue weighted by Crippen LogP contribution is 2.62. The summed E-state index contributed by atoms with van der Waals surface area (Å²) < 4.78 is 6.05. The first-order valence-corrected chi connectivity index (χ1v) is 10.6. The van der Waals surface area contributed by atoms with Crippen LogP contribution in [0.5, 0.6) is 0 Å². The minimum absolute atomic E-state index is 0. The Balaban J connectivity index is 0.00000168. The van der Waals surface area contributed by atoms with E-state index in [0.717, 1.165) is 18.5 Å². The maximum Gasteiger partial charge on any atom is 0.191 e. The van der Waals surface area contributed by atoms with E-state index in [4.69, 9.17) is 4.74 Å². The molecular weight excluding hydrogens is 439 g/mol. The van der Waals surface area contributed by atoms with Gasteiger partial charge in [-0.1, -0.05) is 6.42 Å². The molecule has 2 heterocycles. The zero-order valence-electron chi connectivity index (χ0n) is 16.1. The lowest BCUT2D eigenvalue weighted by Crippen LogP contribution is -2.72. The van der Waals surface area contributed by atoms with E-state index in [2.05, 4.69) is 20.5 Å². The van der Waals surface area contributed by atoms with Crippen LogP contribution in [0.15, 0.2) is 4.99 Å². The maximum absolute atomic E-state index is 6.05. The van der Waals surface area contributed by atoms with Crippen LogP contribution in [0.25, 0.3) is 0 Å². The molecule has 5 fully saturated rings. The van der Waals surface area contributed by atoms with Gasteiger partial charge < -0.3 is 20.3 Å². The predicted molar refractivity (Wildman–Crippen MR) is 115 cm³/mol. The van der Waals surface area contributed by atoms with Gasteiger partial charge in [0.05, 0.1) is 6.10 Å². The van der Waals surface area contributed by atoms with Crippen LogP contribution >= 0.6 is 24.0 Å². The van der Waals surface area contributed by atoms with Gasteiger partial charge in [0.15, 0.2) is 5.96 Å². The summed E-state index contributed by atoms with van der Waals surface area (Å²) in [6, 6.07) is 1.16. The average Bonchev–Trinajstić information content (AvgIpc) is 3.29. The molecule has 0 aromatic rings. The largest absolute Gasteiger partial charge is 0.377 e. The SMILES string of the molecule is CN=C(NC1CCN(CC2CC2)CC1)NC1C2CCOC2C12CCC2.I. The summed E-state index contributed by atoms with van der Waals surface area (Å²) in [4.78, 5) is 7.23. The van der Waals surface area contributed by atoms with E-state index < -0.39 is 0 Å². The normalized spacial score (nSPS) is 36.7. The molecule has 3 atom stereocenters. The highest BCUT2D eigenvalue weighted by atomic mass is 127. The van der Waals surface area contributed by atoms with Crippen molar-refractivity contribution in [1.29, 1.82) is 0 Å². The van der Waals surface area contributed by atoms with Gasteiger partial charge in [-0.2, -0.15) is 0 Å². The lowest BCUT2D eigenvalue weighted by atomic mass is 9.46. The van der Waals surface area contributed by atoms with Gasteiger partial charge in [-0.15, -0.1) is 24.0 Å². The summed E-state index contributed by atoms with van der Waals surface area (Å²) in [6.07, 6.45) is 11.2. The Labute approximate surface area is 175 Å². The minimum atomic E-state index is 0. The van der Waals surface area contributed by atoms with Gasteiger partial charge in [-0.05, 0) is 50.9 Å². The Hall–Kier alpha value is -0.0800. The molecule has 2 aliphatic heterocycles. The van der Waals surface area contributed by atoms with Crippen molar-refractivity contribution in [3.8, 4) is 0 Å². The molecule has 3 aliphatic carbocycles. The van der Waals surface area contributed by atoms with E-state index in [1.165, 1.54) is 71.0 Å². The van der Waals surface area contributed by atoms with Crippen LogP contribution in [-0.4, -0.2) is 62.3 Å². The topological polar surface area (TPSA) is 48.9 Å². The molecule has 1 spiro atoms. The molecule has 0 radical (unpaired) electrons. The number of ether oxygens (including phenoxy) is 1. The second-order valence-electron chi connectivity index (χ2n) is 9.19. The molecule has 148 valence electrons. The molecule has 2 N–H and O–H groups in total. The molecule has 0 aromatic heterocycles. The van der Waals surface area contributed by atoms with Crippen molar-refractivity contribution in [1.82, 2.24) is 15.5 Å². The Morgan fingerprint density at radius 3 is 2.50 bits per heavy atom. The van der Waals surface area contributed by atoms with Gasteiger partial charge in [0.25, 0.3) is 0 Å². The van der Waals surface area contributed by atoms with Crippen molar-refractivity contribution in [2.45, 2.75) is 69.6 Å².